The van der Waals surface area contributed by atoms with Crippen molar-refractivity contribution in [3.63, 3.8) is 0 Å². The van der Waals surface area contributed by atoms with Crippen LogP contribution in [0.5, 0.6) is 0 Å². The van der Waals surface area contributed by atoms with Crippen LogP contribution >= 0.6 is 0 Å². The summed E-state index contributed by atoms with van der Waals surface area (Å²) in [5.74, 6) is -1.39. The fourth-order valence-corrected chi connectivity index (χ4v) is 2.17. The van der Waals surface area contributed by atoms with Gasteiger partial charge in [-0.3, -0.25) is 19.5 Å². The van der Waals surface area contributed by atoms with Crippen molar-refractivity contribution in [1.82, 2.24) is 15.2 Å². The summed E-state index contributed by atoms with van der Waals surface area (Å²) >= 11 is 0. The lowest BCUT2D eigenvalue weighted by Crippen LogP contribution is -2.20. The molecule has 0 aromatic carbocycles. The first kappa shape index (κ1) is 19.1. The molecule has 138 valence electrons. The van der Waals surface area contributed by atoms with Gasteiger partial charge in [0.25, 0.3) is 11.8 Å². The third-order valence-corrected chi connectivity index (χ3v) is 3.64. The van der Waals surface area contributed by atoms with Gasteiger partial charge in [-0.15, -0.1) is 0 Å². The molecule has 3 amide bonds. The molecule has 9 heteroatoms. The minimum atomic E-state index is -0.747. The number of aromatic amines is 1. The second-order valence-corrected chi connectivity index (χ2v) is 6.41. The van der Waals surface area contributed by atoms with Crippen molar-refractivity contribution in [3.05, 3.63) is 35.3 Å². The molecule has 0 atom stereocenters. The number of anilines is 2. The number of aromatic nitrogens is 3. The molecule has 9 nitrogen and oxygen atoms in total. The summed E-state index contributed by atoms with van der Waals surface area (Å²) in [4.78, 5) is 39.9. The van der Waals surface area contributed by atoms with E-state index in [2.05, 4.69) is 25.8 Å². The van der Waals surface area contributed by atoms with Crippen molar-refractivity contribution in [2.24, 2.45) is 11.7 Å². The Labute approximate surface area is 150 Å². The smallest absolute Gasteiger partial charge is 0.271 e. The zero-order chi connectivity index (χ0) is 19.4. The normalized spacial score (nSPS) is 10.8. The van der Waals surface area contributed by atoms with Crippen LogP contribution in [-0.2, 0) is 4.79 Å². The van der Waals surface area contributed by atoms with E-state index in [-0.39, 0.29) is 40.5 Å². The molecule has 0 spiro atoms. The molecule has 0 unspecified atom stereocenters. The van der Waals surface area contributed by atoms with Crippen LogP contribution in [0.4, 0.5) is 11.5 Å². The van der Waals surface area contributed by atoms with Crippen molar-refractivity contribution in [2.45, 2.75) is 33.6 Å². The van der Waals surface area contributed by atoms with Crippen LogP contribution in [0.15, 0.2) is 18.3 Å². The van der Waals surface area contributed by atoms with E-state index in [1.165, 1.54) is 18.3 Å². The zero-order valence-corrected chi connectivity index (χ0v) is 15.1. The highest BCUT2D eigenvalue weighted by molar-refractivity contribution is 6.09. The molecular formula is C17H22N6O3. The van der Waals surface area contributed by atoms with E-state index in [9.17, 15) is 14.4 Å². The first-order chi connectivity index (χ1) is 12.2. The summed E-state index contributed by atoms with van der Waals surface area (Å²) in [6, 6.07) is 2.95. The van der Waals surface area contributed by atoms with E-state index in [4.69, 9.17) is 5.73 Å². The van der Waals surface area contributed by atoms with Gasteiger partial charge in [-0.2, -0.15) is 5.10 Å². The summed E-state index contributed by atoms with van der Waals surface area (Å²) in [5.41, 5.74) is 6.39. The number of amides is 3. The lowest BCUT2D eigenvalue weighted by molar-refractivity contribution is -0.118. The molecule has 2 heterocycles. The van der Waals surface area contributed by atoms with E-state index in [0.717, 1.165) is 0 Å². The highest BCUT2D eigenvalue weighted by Gasteiger charge is 2.22. The monoisotopic (exact) mass is 358 g/mol. The average molecular weight is 358 g/mol. The molecule has 0 saturated heterocycles. The largest absolute Gasteiger partial charge is 0.364 e. The Morgan fingerprint density at radius 2 is 1.85 bits per heavy atom. The quantitative estimate of drug-likeness (QED) is 0.623. The standard InChI is InChI=1S/C17H22N6O3/c1-8(2)12-13(14(15(18)24)23-22-12)21-17(26)10-5-6-19-11(7-10)20-16(25)9(3)4/h5-9H,1-4H3,(H2,18,24)(H,21,26)(H,22,23)(H,19,20,25). The Balaban J connectivity index is 2.27. The number of pyridine rings is 1. The Hall–Kier alpha value is -3.23. The molecule has 0 aliphatic heterocycles. The van der Waals surface area contributed by atoms with Crippen LogP contribution in [0.25, 0.3) is 0 Å². The molecule has 5 N–H and O–H groups in total. The summed E-state index contributed by atoms with van der Waals surface area (Å²) in [6.07, 6.45) is 1.42. The van der Waals surface area contributed by atoms with Crippen molar-refractivity contribution in [2.75, 3.05) is 10.6 Å². The van der Waals surface area contributed by atoms with Gasteiger partial charge in [0.05, 0.1) is 11.4 Å². The average Bonchev–Trinajstić information content (AvgIpc) is 2.99. The lowest BCUT2D eigenvalue weighted by Gasteiger charge is -2.11. The van der Waals surface area contributed by atoms with Gasteiger partial charge in [0.15, 0.2) is 5.69 Å². The second kappa shape index (κ2) is 7.77. The predicted octanol–water partition coefficient (Wildman–Crippen LogP) is 1.87. The van der Waals surface area contributed by atoms with Crippen molar-refractivity contribution in [1.29, 1.82) is 0 Å². The number of H-pyrrole nitrogens is 1. The van der Waals surface area contributed by atoms with E-state index in [1.807, 2.05) is 13.8 Å². The van der Waals surface area contributed by atoms with Crippen molar-refractivity contribution in [3.8, 4) is 0 Å². The Morgan fingerprint density at radius 3 is 2.42 bits per heavy atom. The van der Waals surface area contributed by atoms with Gasteiger partial charge < -0.3 is 16.4 Å². The first-order valence-electron chi connectivity index (χ1n) is 8.17. The summed E-state index contributed by atoms with van der Waals surface area (Å²) < 4.78 is 0. The molecule has 2 aromatic rings. The minimum Gasteiger partial charge on any atom is -0.364 e. The van der Waals surface area contributed by atoms with Crippen LogP contribution in [0, 0.1) is 5.92 Å². The first-order valence-corrected chi connectivity index (χ1v) is 8.17. The number of nitrogens with one attached hydrogen (secondary N) is 3. The number of rotatable bonds is 6. The number of nitrogens with two attached hydrogens (primary N) is 1. The van der Waals surface area contributed by atoms with Gasteiger partial charge in [-0.1, -0.05) is 27.7 Å². The molecule has 2 rings (SSSR count). The highest BCUT2D eigenvalue weighted by Crippen LogP contribution is 2.26. The van der Waals surface area contributed by atoms with Crippen LogP contribution in [0.2, 0.25) is 0 Å². The third-order valence-electron chi connectivity index (χ3n) is 3.64. The van der Waals surface area contributed by atoms with Gasteiger partial charge in [0.2, 0.25) is 5.91 Å². The molecule has 0 bridgehead atoms. The maximum atomic E-state index is 12.6. The molecule has 26 heavy (non-hydrogen) atoms. The molecular weight excluding hydrogens is 336 g/mol. The number of primary amides is 1. The van der Waals surface area contributed by atoms with Crippen LogP contribution in [0.1, 0.15) is 60.2 Å². The molecule has 0 radical (unpaired) electrons. The van der Waals surface area contributed by atoms with Gasteiger partial charge in [0, 0.05) is 17.7 Å². The van der Waals surface area contributed by atoms with Crippen LogP contribution in [-0.4, -0.2) is 32.9 Å². The molecule has 0 aliphatic carbocycles. The van der Waals surface area contributed by atoms with Gasteiger partial charge in [0.1, 0.15) is 5.82 Å². The maximum Gasteiger partial charge on any atom is 0.271 e. The highest BCUT2D eigenvalue weighted by atomic mass is 16.2. The van der Waals surface area contributed by atoms with E-state index >= 15 is 0 Å². The summed E-state index contributed by atoms with van der Waals surface area (Å²) in [5, 5.41) is 11.9. The number of carbonyl (C=O) groups is 3. The minimum absolute atomic E-state index is 0.00997. The fraction of sp³-hybridized carbons (Fsp3) is 0.353. The third kappa shape index (κ3) is 4.24. The Morgan fingerprint density at radius 1 is 1.15 bits per heavy atom. The number of hydrogen-bond acceptors (Lipinski definition) is 5. The fourth-order valence-electron chi connectivity index (χ4n) is 2.17. The van der Waals surface area contributed by atoms with E-state index in [0.29, 0.717) is 5.69 Å². The molecule has 0 aliphatic rings. The van der Waals surface area contributed by atoms with Crippen LogP contribution < -0.4 is 16.4 Å². The molecule has 0 saturated carbocycles. The zero-order valence-electron chi connectivity index (χ0n) is 15.1. The second-order valence-electron chi connectivity index (χ2n) is 6.41. The Bertz CT molecular complexity index is 841. The van der Waals surface area contributed by atoms with Gasteiger partial charge in [-0.05, 0) is 18.1 Å². The van der Waals surface area contributed by atoms with Gasteiger partial charge in [-0.25, -0.2) is 4.98 Å². The van der Waals surface area contributed by atoms with E-state index < -0.39 is 11.8 Å². The predicted molar refractivity (Wildman–Crippen MR) is 96.9 cm³/mol. The molecule has 0 fully saturated rings. The summed E-state index contributed by atoms with van der Waals surface area (Å²) in [7, 11) is 0. The summed E-state index contributed by atoms with van der Waals surface area (Å²) in [6.45, 7) is 7.28. The molecule has 2 aromatic heterocycles. The number of carbonyl (C=O) groups excluding carboxylic acids is 3. The van der Waals surface area contributed by atoms with Gasteiger partial charge >= 0.3 is 0 Å². The topological polar surface area (TPSA) is 143 Å². The Kier molecular flexibility index (Phi) is 5.71. The van der Waals surface area contributed by atoms with E-state index in [1.54, 1.807) is 13.8 Å². The maximum absolute atomic E-state index is 12.6. The number of nitrogens with zero attached hydrogens (tertiary/aromatic N) is 2. The van der Waals surface area contributed by atoms with Crippen molar-refractivity contribution < 1.29 is 14.4 Å². The SMILES string of the molecule is CC(C)C(=O)Nc1cc(C(=O)Nc2c(C(N)=O)n[nH]c2C(C)C)ccn1. The lowest BCUT2D eigenvalue weighted by atomic mass is 10.1. The van der Waals surface area contributed by atoms with Crippen molar-refractivity contribution >= 4 is 29.2 Å². The van der Waals surface area contributed by atoms with Crippen LogP contribution in [0.3, 0.4) is 0 Å². The number of hydrogen-bond donors (Lipinski definition) is 4.